The summed E-state index contributed by atoms with van der Waals surface area (Å²) in [5, 5.41) is 3.79. The van der Waals surface area contributed by atoms with Crippen molar-refractivity contribution in [3.05, 3.63) is 34.9 Å². The molecule has 1 aliphatic rings. The van der Waals surface area contributed by atoms with Crippen molar-refractivity contribution in [3.8, 4) is 0 Å². The summed E-state index contributed by atoms with van der Waals surface area (Å²) in [6, 6.07) is 7.38. The van der Waals surface area contributed by atoms with Crippen molar-refractivity contribution in [3.63, 3.8) is 0 Å². The lowest BCUT2D eigenvalue weighted by atomic mass is 9.79. The van der Waals surface area contributed by atoms with Gasteiger partial charge >= 0.3 is 0 Å². The Morgan fingerprint density at radius 3 is 2.72 bits per heavy atom. The van der Waals surface area contributed by atoms with E-state index < -0.39 is 5.92 Å². The highest BCUT2D eigenvalue weighted by Crippen LogP contribution is 2.43. The largest absolute Gasteiger partial charge is 0.313 e. The van der Waals surface area contributed by atoms with Crippen LogP contribution in [0.4, 0.5) is 8.78 Å². The maximum absolute atomic E-state index is 13.5. The van der Waals surface area contributed by atoms with Crippen LogP contribution in [0, 0.1) is 5.92 Å². The minimum atomic E-state index is -2.53. The molecule has 0 spiro atoms. The van der Waals surface area contributed by atoms with Gasteiger partial charge in [-0.05, 0) is 37.4 Å². The lowest BCUT2D eigenvalue weighted by molar-refractivity contribution is -0.0580. The molecule has 0 heterocycles. The molecule has 1 aromatic rings. The minimum absolute atomic E-state index is 0.0163. The second kappa shape index (κ2) is 5.54. The summed E-state index contributed by atoms with van der Waals surface area (Å²) >= 11 is 6.16. The average molecular weight is 274 g/mol. The summed E-state index contributed by atoms with van der Waals surface area (Å²) in [4.78, 5) is 0. The number of hydrogen-bond donors (Lipinski definition) is 1. The zero-order valence-corrected chi connectivity index (χ0v) is 11.2. The van der Waals surface area contributed by atoms with Gasteiger partial charge in [-0.2, -0.15) is 0 Å². The fourth-order valence-electron chi connectivity index (χ4n) is 2.87. The number of alkyl halides is 2. The number of benzene rings is 1. The van der Waals surface area contributed by atoms with E-state index in [-0.39, 0.29) is 24.8 Å². The Labute approximate surface area is 112 Å². The number of nitrogens with one attached hydrogen (secondary N) is 1. The molecule has 2 rings (SSSR count). The van der Waals surface area contributed by atoms with Crippen LogP contribution in [0.3, 0.4) is 0 Å². The van der Waals surface area contributed by atoms with Gasteiger partial charge in [0.25, 0.3) is 0 Å². The molecule has 18 heavy (non-hydrogen) atoms. The maximum Gasteiger partial charge on any atom is 0.248 e. The monoisotopic (exact) mass is 273 g/mol. The maximum atomic E-state index is 13.5. The molecule has 0 aliphatic heterocycles. The topological polar surface area (TPSA) is 12.0 Å². The zero-order chi connectivity index (χ0) is 13.2. The molecule has 0 bridgehead atoms. The Morgan fingerprint density at radius 1 is 1.39 bits per heavy atom. The number of halogens is 3. The number of rotatable bonds is 3. The zero-order valence-electron chi connectivity index (χ0n) is 10.4. The summed E-state index contributed by atoms with van der Waals surface area (Å²) in [6.45, 7) is 0. The van der Waals surface area contributed by atoms with Crippen LogP contribution in [0.1, 0.15) is 37.3 Å². The molecule has 0 radical (unpaired) electrons. The van der Waals surface area contributed by atoms with E-state index in [4.69, 9.17) is 11.6 Å². The van der Waals surface area contributed by atoms with Crippen LogP contribution < -0.4 is 5.32 Å². The van der Waals surface area contributed by atoms with Crippen molar-refractivity contribution in [2.45, 2.75) is 37.6 Å². The SMILES string of the molecule is CNC(c1ccccc1Cl)C1CCCC(F)(F)C1. The van der Waals surface area contributed by atoms with E-state index in [1.54, 1.807) is 7.05 Å². The molecular weight excluding hydrogens is 256 g/mol. The van der Waals surface area contributed by atoms with Crippen LogP contribution in [0.25, 0.3) is 0 Å². The summed E-state index contributed by atoms with van der Waals surface area (Å²) in [6.07, 6.45) is 1.37. The molecule has 2 unspecified atom stereocenters. The van der Waals surface area contributed by atoms with Crippen LogP contribution >= 0.6 is 11.6 Å². The van der Waals surface area contributed by atoms with Crippen molar-refractivity contribution in [1.82, 2.24) is 5.32 Å². The van der Waals surface area contributed by atoms with Gasteiger partial charge in [0.15, 0.2) is 0 Å². The van der Waals surface area contributed by atoms with Crippen LogP contribution in [-0.2, 0) is 0 Å². The van der Waals surface area contributed by atoms with E-state index in [0.29, 0.717) is 11.4 Å². The molecular formula is C14H18ClF2N. The molecule has 100 valence electrons. The Balaban J connectivity index is 2.21. The highest BCUT2D eigenvalue weighted by atomic mass is 35.5. The molecule has 1 fully saturated rings. The van der Waals surface area contributed by atoms with Crippen LogP contribution in [-0.4, -0.2) is 13.0 Å². The normalized spacial score (nSPS) is 24.8. The fraction of sp³-hybridized carbons (Fsp3) is 0.571. The van der Waals surface area contributed by atoms with E-state index >= 15 is 0 Å². The third kappa shape index (κ3) is 3.01. The smallest absolute Gasteiger partial charge is 0.248 e. The van der Waals surface area contributed by atoms with Gasteiger partial charge in [0.05, 0.1) is 0 Å². The van der Waals surface area contributed by atoms with Gasteiger partial charge < -0.3 is 5.32 Å². The molecule has 1 aromatic carbocycles. The van der Waals surface area contributed by atoms with Gasteiger partial charge in [-0.1, -0.05) is 29.8 Å². The van der Waals surface area contributed by atoms with Gasteiger partial charge in [0, 0.05) is 23.9 Å². The van der Waals surface area contributed by atoms with Crippen molar-refractivity contribution >= 4 is 11.6 Å². The predicted molar refractivity (Wildman–Crippen MR) is 70.2 cm³/mol. The molecule has 1 saturated carbocycles. The first-order valence-corrected chi connectivity index (χ1v) is 6.71. The van der Waals surface area contributed by atoms with E-state index in [2.05, 4.69) is 5.32 Å². The highest BCUT2D eigenvalue weighted by Gasteiger charge is 2.39. The molecule has 1 N–H and O–H groups in total. The third-order valence-electron chi connectivity index (χ3n) is 3.70. The first-order valence-electron chi connectivity index (χ1n) is 6.33. The molecule has 0 aromatic heterocycles. The summed E-state index contributed by atoms with van der Waals surface area (Å²) in [7, 11) is 1.81. The van der Waals surface area contributed by atoms with Crippen molar-refractivity contribution in [1.29, 1.82) is 0 Å². The van der Waals surface area contributed by atoms with Crippen molar-refractivity contribution < 1.29 is 8.78 Å². The lowest BCUT2D eigenvalue weighted by Crippen LogP contribution is -2.34. The predicted octanol–water partition coefficient (Wildman–Crippen LogP) is 4.43. The van der Waals surface area contributed by atoms with Crippen LogP contribution in [0.2, 0.25) is 5.02 Å². The first-order chi connectivity index (χ1) is 8.53. The number of hydrogen-bond acceptors (Lipinski definition) is 1. The minimum Gasteiger partial charge on any atom is -0.313 e. The third-order valence-corrected chi connectivity index (χ3v) is 4.05. The van der Waals surface area contributed by atoms with E-state index in [1.807, 2.05) is 24.3 Å². The first kappa shape index (κ1) is 13.8. The quantitative estimate of drug-likeness (QED) is 0.859. The molecule has 0 saturated heterocycles. The van der Waals surface area contributed by atoms with Gasteiger partial charge in [-0.15, -0.1) is 0 Å². The van der Waals surface area contributed by atoms with E-state index in [0.717, 1.165) is 12.0 Å². The van der Waals surface area contributed by atoms with Gasteiger partial charge in [0.1, 0.15) is 0 Å². The van der Waals surface area contributed by atoms with Crippen molar-refractivity contribution in [2.24, 2.45) is 5.92 Å². The van der Waals surface area contributed by atoms with Crippen molar-refractivity contribution in [2.75, 3.05) is 7.05 Å². The van der Waals surface area contributed by atoms with Gasteiger partial charge in [-0.25, -0.2) is 8.78 Å². The van der Waals surface area contributed by atoms with Gasteiger partial charge in [-0.3, -0.25) is 0 Å². The lowest BCUT2D eigenvalue weighted by Gasteiger charge is -2.34. The summed E-state index contributed by atoms with van der Waals surface area (Å²) < 4.78 is 27.0. The molecule has 1 aliphatic carbocycles. The van der Waals surface area contributed by atoms with Crippen LogP contribution in [0.15, 0.2) is 24.3 Å². The Hall–Kier alpha value is -0.670. The molecule has 1 nitrogen and oxygen atoms in total. The van der Waals surface area contributed by atoms with E-state index in [9.17, 15) is 8.78 Å². The summed E-state index contributed by atoms with van der Waals surface area (Å²) in [5.41, 5.74) is 0.921. The Bertz CT molecular complexity index is 409. The molecule has 0 amide bonds. The Kier molecular flexibility index (Phi) is 4.23. The Morgan fingerprint density at radius 2 is 2.11 bits per heavy atom. The second-order valence-corrected chi connectivity index (χ2v) is 5.41. The molecule has 4 heteroatoms. The highest BCUT2D eigenvalue weighted by molar-refractivity contribution is 6.31. The second-order valence-electron chi connectivity index (χ2n) is 5.00. The summed E-state index contributed by atoms with van der Waals surface area (Å²) in [5.74, 6) is -2.59. The fourth-order valence-corrected chi connectivity index (χ4v) is 3.12. The molecule has 2 atom stereocenters. The average Bonchev–Trinajstić information content (AvgIpc) is 2.31. The standard InChI is InChI=1S/C14H18ClF2N/c1-18-13(11-6-2-3-7-12(11)15)10-5-4-8-14(16,17)9-10/h2-3,6-7,10,13,18H,4-5,8-9H2,1H3. The van der Waals surface area contributed by atoms with Gasteiger partial charge in [0.2, 0.25) is 5.92 Å². The van der Waals surface area contributed by atoms with Crippen LogP contribution in [0.5, 0.6) is 0 Å². The van der Waals surface area contributed by atoms with E-state index in [1.165, 1.54) is 0 Å².